The second-order valence-corrected chi connectivity index (χ2v) is 5.50. The number of aromatic nitrogens is 3. The molecule has 5 nitrogen and oxygen atoms in total. The molecule has 0 aliphatic rings. The number of nitriles is 1. The predicted molar refractivity (Wildman–Crippen MR) is 89.6 cm³/mol. The van der Waals surface area contributed by atoms with Gasteiger partial charge in [-0.05, 0) is 37.3 Å². The van der Waals surface area contributed by atoms with E-state index < -0.39 is 0 Å². The van der Waals surface area contributed by atoms with Gasteiger partial charge in [-0.1, -0.05) is 35.0 Å². The summed E-state index contributed by atoms with van der Waals surface area (Å²) in [7, 11) is 0. The third kappa shape index (κ3) is 3.33. The van der Waals surface area contributed by atoms with Crippen molar-refractivity contribution in [3.63, 3.8) is 0 Å². The molecule has 0 saturated heterocycles. The minimum atomic E-state index is -0.0449. The third-order valence-electron chi connectivity index (χ3n) is 3.45. The molecule has 0 spiro atoms. The number of nitrogens with one attached hydrogen (secondary N) is 1. The molecule has 0 bridgehead atoms. The van der Waals surface area contributed by atoms with Crippen molar-refractivity contribution in [3.05, 3.63) is 71.0 Å². The molecule has 1 atom stereocenters. The number of hydrogen-bond acceptors (Lipinski definition) is 4. The van der Waals surface area contributed by atoms with Crippen molar-refractivity contribution in [1.29, 1.82) is 5.26 Å². The molecular weight excluding hydrogens is 310 g/mol. The highest BCUT2D eigenvalue weighted by atomic mass is 35.5. The minimum absolute atomic E-state index is 0.0449. The lowest BCUT2D eigenvalue weighted by Gasteiger charge is -2.13. The lowest BCUT2D eigenvalue weighted by Crippen LogP contribution is -2.07. The van der Waals surface area contributed by atoms with Crippen LogP contribution in [0.15, 0.2) is 54.7 Å². The zero-order chi connectivity index (χ0) is 16.2. The van der Waals surface area contributed by atoms with Gasteiger partial charge in [-0.25, -0.2) is 4.68 Å². The lowest BCUT2D eigenvalue weighted by atomic mass is 10.2. The average Bonchev–Trinajstić information content (AvgIpc) is 3.06. The molecule has 23 heavy (non-hydrogen) atoms. The molecule has 0 fully saturated rings. The van der Waals surface area contributed by atoms with Gasteiger partial charge < -0.3 is 5.32 Å². The molecule has 3 rings (SSSR count). The first-order valence-electron chi connectivity index (χ1n) is 7.11. The quantitative estimate of drug-likeness (QED) is 0.789. The van der Waals surface area contributed by atoms with Gasteiger partial charge in [-0.15, -0.1) is 5.10 Å². The van der Waals surface area contributed by atoms with E-state index in [4.69, 9.17) is 16.9 Å². The minimum Gasteiger partial charge on any atom is -0.377 e. The Morgan fingerprint density at radius 3 is 2.70 bits per heavy atom. The molecule has 1 heterocycles. The second kappa shape index (κ2) is 6.51. The van der Waals surface area contributed by atoms with Crippen molar-refractivity contribution in [2.45, 2.75) is 13.0 Å². The van der Waals surface area contributed by atoms with Gasteiger partial charge in [0.25, 0.3) is 0 Å². The van der Waals surface area contributed by atoms with E-state index in [0.29, 0.717) is 10.6 Å². The molecule has 0 aliphatic heterocycles. The van der Waals surface area contributed by atoms with E-state index in [1.165, 1.54) is 0 Å². The molecule has 0 radical (unpaired) electrons. The van der Waals surface area contributed by atoms with Crippen LogP contribution < -0.4 is 5.32 Å². The van der Waals surface area contributed by atoms with Crippen LogP contribution in [0.2, 0.25) is 5.02 Å². The van der Waals surface area contributed by atoms with Crippen molar-refractivity contribution in [2.75, 3.05) is 5.32 Å². The van der Waals surface area contributed by atoms with E-state index in [-0.39, 0.29) is 6.04 Å². The number of halogens is 1. The molecule has 1 N–H and O–H groups in total. The number of para-hydroxylation sites is 1. The Morgan fingerprint density at radius 1 is 1.22 bits per heavy atom. The molecule has 0 aliphatic carbocycles. The molecule has 2 aromatic carbocycles. The van der Waals surface area contributed by atoms with Gasteiger partial charge in [-0.3, -0.25) is 0 Å². The maximum absolute atomic E-state index is 8.90. The van der Waals surface area contributed by atoms with E-state index in [1.54, 1.807) is 16.8 Å². The van der Waals surface area contributed by atoms with Gasteiger partial charge in [0.05, 0.1) is 28.5 Å². The van der Waals surface area contributed by atoms with Gasteiger partial charge in [0.15, 0.2) is 0 Å². The van der Waals surface area contributed by atoms with E-state index in [0.717, 1.165) is 17.1 Å². The van der Waals surface area contributed by atoms with Crippen molar-refractivity contribution >= 4 is 17.3 Å². The van der Waals surface area contributed by atoms with Gasteiger partial charge in [0, 0.05) is 5.69 Å². The molecular formula is C17H14ClN5. The summed E-state index contributed by atoms with van der Waals surface area (Å²) in [5.74, 6) is 0. The lowest BCUT2D eigenvalue weighted by molar-refractivity contribution is 0.781. The Kier molecular flexibility index (Phi) is 4.26. The highest BCUT2D eigenvalue weighted by Crippen LogP contribution is 2.23. The number of nitrogens with zero attached hydrogens (tertiary/aromatic N) is 4. The zero-order valence-electron chi connectivity index (χ0n) is 12.4. The van der Waals surface area contributed by atoms with E-state index in [1.807, 2.05) is 55.6 Å². The summed E-state index contributed by atoms with van der Waals surface area (Å²) in [6.07, 6.45) is 1.89. The molecule has 0 saturated carbocycles. The molecule has 3 aromatic rings. The van der Waals surface area contributed by atoms with Crippen LogP contribution >= 0.6 is 11.6 Å². The largest absolute Gasteiger partial charge is 0.377 e. The van der Waals surface area contributed by atoms with Crippen LogP contribution in [-0.4, -0.2) is 15.0 Å². The van der Waals surface area contributed by atoms with Crippen molar-refractivity contribution in [3.8, 4) is 11.8 Å². The normalized spacial score (nSPS) is 11.7. The third-order valence-corrected chi connectivity index (χ3v) is 3.76. The van der Waals surface area contributed by atoms with Crippen LogP contribution in [0, 0.1) is 11.3 Å². The topological polar surface area (TPSA) is 66.5 Å². The number of anilines is 1. The van der Waals surface area contributed by atoms with Gasteiger partial charge in [0.2, 0.25) is 0 Å². The summed E-state index contributed by atoms with van der Waals surface area (Å²) >= 11 is 6.05. The molecule has 0 amide bonds. The Labute approximate surface area is 139 Å². The number of rotatable bonds is 4. The summed E-state index contributed by atoms with van der Waals surface area (Å²) in [6.45, 7) is 1.99. The maximum Gasteiger partial charge on any atom is 0.105 e. The molecule has 1 unspecified atom stereocenters. The highest BCUT2D eigenvalue weighted by Gasteiger charge is 2.11. The van der Waals surface area contributed by atoms with Crippen LogP contribution in [0.4, 0.5) is 5.69 Å². The summed E-state index contributed by atoms with van der Waals surface area (Å²) in [5.41, 5.74) is 3.06. The summed E-state index contributed by atoms with van der Waals surface area (Å²) < 4.78 is 1.74. The fourth-order valence-corrected chi connectivity index (χ4v) is 2.42. The smallest absolute Gasteiger partial charge is 0.105 e. The van der Waals surface area contributed by atoms with Gasteiger partial charge >= 0.3 is 0 Å². The van der Waals surface area contributed by atoms with Crippen LogP contribution in [0.1, 0.15) is 24.2 Å². The summed E-state index contributed by atoms with van der Waals surface area (Å²) in [4.78, 5) is 0. The van der Waals surface area contributed by atoms with Crippen LogP contribution in [0.3, 0.4) is 0 Å². The second-order valence-electron chi connectivity index (χ2n) is 5.10. The monoisotopic (exact) mass is 323 g/mol. The first kappa shape index (κ1) is 15.1. The Hall–Kier alpha value is -2.84. The van der Waals surface area contributed by atoms with E-state index in [2.05, 4.69) is 15.6 Å². The van der Waals surface area contributed by atoms with Crippen LogP contribution in [0.25, 0.3) is 5.69 Å². The predicted octanol–water partition coefficient (Wildman–Crippen LogP) is 3.97. The molecule has 6 heteroatoms. The molecule has 1 aromatic heterocycles. The average molecular weight is 324 g/mol. The zero-order valence-corrected chi connectivity index (χ0v) is 13.2. The van der Waals surface area contributed by atoms with E-state index >= 15 is 0 Å². The number of hydrogen-bond donors (Lipinski definition) is 1. The van der Waals surface area contributed by atoms with E-state index in [9.17, 15) is 0 Å². The Morgan fingerprint density at radius 2 is 2.00 bits per heavy atom. The molecule has 114 valence electrons. The SMILES string of the molecule is CC(Nc1ccc(C#N)c(Cl)c1)c1cn(-c2ccccc2)nn1. The number of benzene rings is 2. The summed E-state index contributed by atoms with van der Waals surface area (Å²) in [6, 6.07) is 17.1. The standard InChI is InChI=1S/C17H14ClN5/c1-12(20-14-8-7-13(10-19)16(18)9-14)17-11-23(22-21-17)15-5-3-2-4-6-15/h2-9,11-12,20H,1H3. The first-order chi connectivity index (χ1) is 11.2. The fraction of sp³-hybridized carbons (Fsp3) is 0.118. The first-order valence-corrected chi connectivity index (χ1v) is 7.49. The van der Waals surface area contributed by atoms with Crippen molar-refractivity contribution in [1.82, 2.24) is 15.0 Å². The van der Waals surface area contributed by atoms with Crippen molar-refractivity contribution < 1.29 is 0 Å². The maximum atomic E-state index is 8.90. The Balaban J connectivity index is 1.77. The summed E-state index contributed by atoms with van der Waals surface area (Å²) in [5, 5.41) is 21.0. The fourth-order valence-electron chi connectivity index (χ4n) is 2.20. The van der Waals surface area contributed by atoms with Crippen LogP contribution in [-0.2, 0) is 0 Å². The van der Waals surface area contributed by atoms with Gasteiger partial charge in [0.1, 0.15) is 11.8 Å². The van der Waals surface area contributed by atoms with Gasteiger partial charge in [-0.2, -0.15) is 5.26 Å². The highest BCUT2D eigenvalue weighted by molar-refractivity contribution is 6.32. The van der Waals surface area contributed by atoms with Crippen molar-refractivity contribution in [2.24, 2.45) is 0 Å². The van der Waals surface area contributed by atoms with Crippen LogP contribution in [0.5, 0.6) is 0 Å². The Bertz CT molecular complexity index is 851.